The van der Waals surface area contributed by atoms with E-state index in [9.17, 15) is 8.42 Å². The molecule has 0 spiro atoms. The van der Waals surface area contributed by atoms with Crippen LogP contribution >= 0.6 is 0 Å². The van der Waals surface area contributed by atoms with E-state index < -0.39 is 10.0 Å². The van der Waals surface area contributed by atoms with E-state index in [0.717, 1.165) is 5.56 Å². The van der Waals surface area contributed by atoms with Gasteiger partial charge in [-0.3, -0.25) is 4.98 Å². The molecule has 1 heterocycles. The second-order valence-corrected chi connectivity index (χ2v) is 6.00. The van der Waals surface area contributed by atoms with E-state index in [-0.39, 0.29) is 11.4 Å². The molecule has 0 radical (unpaired) electrons. The van der Waals surface area contributed by atoms with Crippen molar-refractivity contribution in [2.24, 2.45) is 0 Å². The SMILES string of the molecule is Cc1cccnc1CNS(=O)(=O)c1cccc(C#N)c1. The third-order valence-electron chi connectivity index (χ3n) is 2.82. The first kappa shape index (κ1) is 14.2. The molecular weight excluding hydrogens is 274 g/mol. The number of nitrogens with one attached hydrogen (secondary N) is 1. The lowest BCUT2D eigenvalue weighted by Gasteiger charge is -2.08. The van der Waals surface area contributed by atoms with Gasteiger partial charge < -0.3 is 0 Å². The zero-order chi connectivity index (χ0) is 14.6. The molecule has 2 aromatic rings. The highest BCUT2D eigenvalue weighted by molar-refractivity contribution is 7.89. The first-order valence-corrected chi connectivity index (χ1v) is 7.41. The van der Waals surface area contributed by atoms with Crippen LogP contribution in [0.5, 0.6) is 0 Å². The third kappa shape index (κ3) is 3.20. The van der Waals surface area contributed by atoms with E-state index in [0.29, 0.717) is 11.3 Å². The Kier molecular flexibility index (Phi) is 4.13. The summed E-state index contributed by atoms with van der Waals surface area (Å²) in [5, 5.41) is 8.80. The summed E-state index contributed by atoms with van der Waals surface area (Å²) in [6.45, 7) is 1.98. The molecule has 6 heteroatoms. The van der Waals surface area contributed by atoms with Crippen LogP contribution in [0.2, 0.25) is 0 Å². The molecule has 0 aliphatic heterocycles. The van der Waals surface area contributed by atoms with E-state index in [1.54, 1.807) is 24.4 Å². The maximum atomic E-state index is 12.1. The highest BCUT2D eigenvalue weighted by Crippen LogP contribution is 2.12. The lowest BCUT2D eigenvalue weighted by atomic mass is 10.2. The molecule has 1 aromatic heterocycles. The van der Waals surface area contributed by atoms with Crippen molar-refractivity contribution >= 4 is 10.0 Å². The molecule has 0 aliphatic rings. The van der Waals surface area contributed by atoms with Gasteiger partial charge in [-0.25, -0.2) is 13.1 Å². The highest BCUT2D eigenvalue weighted by atomic mass is 32.2. The van der Waals surface area contributed by atoms with Gasteiger partial charge in [0.05, 0.1) is 28.8 Å². The fourth-order valence-electron chi connectivity index (χ4n) is 1.68. The number of aryl methyl sites for hydroxylation is 1. The second kappa shape index (κ2) is 5.82. The van der Waals surface area contributed by atoms with Gasteiger partial charge in [0.2, 0.25) is 10.0 Å². The van der Waals surface area contributed by atoms with Crippen LogP contribution in [-0.2, 0) is 16.6 Å². The Balaban J connectivity index is 2.20. The van der Waals surface area contributed by atoms with Crippen molar-refractivity contribution < 1.29 is 8.42 Å². The highest BCUT2D eigenvalue weighted by Gasteiger charge is 2.14. The van der Waals surface area contributed by atoms with Gasteiger partial charge in [-0.15, -0.1) is 0 Å². The predicted molar refractivity (Wildman–Crippen MR) is 74.2 cm³/mol. The number of hydrogen-bond donors (Lipinski definition) is 1. The lowest BCUT2D eigenvalue weighted by Crippen LogP contribution is -2.24. The molecule has 0 saturated heterocycles. The summed E-state index contributed by atoms with van der Waals surface area (Å²) in [7, 11) is -3.65. The Morgan fingerprint density at radius 2 is 2.10 bits per heavy atom. The zero-order valence-corrected chi connectivity index (χ0v) is 11.7. The molecule has 0 bridgehead atoms. The largest absolute Gasteiger partial charge is 0.260 e. The van der Waals surface area contributed by atoms with Gasteiger partial charge in [0.1, 0.15) is 0 Å². The Labute approximate surface area is 118 Å². The second-order valence-electron chi connectivity index (χ2n) is 4.23. The molecule has 1 N–H and O–H groups in total. The summed E-state index contributed by atoms with van der Waals surface area (Å²) in [4.78, 5) is 4.20. The van der Waals surface area contributed by atoms with Crippen molar-refractivity contribution in [3.8, 4) is 6.07 Å². The Bertz CT molecular complexity index is 764. The van der Waals surface area contributed by atoms with Crippen molar-refractivity contribution in [3.63, 3.8) is 0 Å². The maximum absolute atomic E-state index is 12.1. The Morgan fingerprint density at radius 1 is 1.30 bits per heavy atom. The maximum Gasteiger partial charge on any atom is 0.240 e. The molecule has 1 aromatic carbocycles. The minimum atomic E-state index is -3.65. The summed E-state index contributed by atoms with van der Waals surface area (Å²) >= 11 is 0. The number of nitrogens with zero attached hydrogens (tertiary/aromatic N) is 2. The van der Waals surface area contributed by atoms with Gasteiger partial charge in [-0.1, -0.05) is 12.1 Å². The summed E-state index contributed by atoms with van der Waals surface area (Å²) < 4.78 is 26.8. The number of sulfonamides is 1. The van der Waals surface area contributed by atoms with Crippen molar-refractivity contribution in [3.05, 3.63) is 59.4 Å². The van der Waals surface area contributed by atoms with Gasteiger partial charge in [0.25, 0.3) is 0 Å². The van der Waals surface area contributed by atoms with Crippen molar-refractivity contribution in [1.29, 1.82) is 5.26 Å². The predicted octanol–water partition coefficient (Wildman–Crippen LogP) is 1.74. The van der Waals surface area contributed by atoms with Crippen LogP contribution < -0.4 is 4.72 Å². The lowest BCUT2D eigenvalue weighted by molar-refractivity contribution is 0.580. The molecule has 0 saturated carbocycles. The number of nitriles is 1. The molecular formula is C14H13N3O2S. The smallest absolute Gasteiger partial charge is 0.240 e. The number of aromatic nitrogens is 1. The number of benzene rings is 1. The number of hydrogen-bond acceptors (Lipinski definition) is 4. The van der Waals surface area contributed by atoms with Gasteiger partial charge >= 0.3 is 0 Å². The fraction of sp³-hybridized carbons (Fsp3) is 0.143. The molecule has 102 valence electrons. The van der Waals surface area contributed by atoms with Crippen LogP contribution in [0, 0.1) is 18.3 Å². The fourth-order valence-corrected chi connectivity index (χ4v) is 2.72. The summed E-state index contributed by atoms with van der Waals surface area (Å²) in [5.74, 6) is 0. The first-order valence-electron chi connectivity index (χ1n) is 5.93. The zero-order valence-electron chi connectivity index (χ0n) is 10.9. The van der Waals surface area contributed by atoms with Crippen LogP contribution in [0.25, 0.3) is 0 Å². The Hall–Kier alpha value is -2.23. The molecule has 0 unspecified atom stereocenters. The summed E-state index contributed by atoms with van der Waals surface area (Å²) in [6.07, 6.45) is 1.62. The molecule has 20 heavy (non-hydrogen) atoms. The van der Waals surface area contributed by atoms with Crippen LogP contribution in [-0.4, -0.2) is 13.4 Å². The number of rotatable bonds is 4. The minimum Gasteiger partial charge on any atom is -0.260 e. The quantitative estimate of drug-likeness (QED) is 0.928. The van der Waals surface area contributed by atoms with Gasteiger partial charge in [0.15, 0.2) is 0 Å². The standard InChI is InChI=1S/C14H13N3O2S/c1-11-4-3-7-16-14(11)10-17-20(18,19)13-6-2-5-12(8-13)9-15/h2-8,17H,10H2,1H3. The average molecular weight is 287 g/mol. The van der Waals surface area contributed by atoms with Crippen LogP contribution in [0.15, 0.2) is 47.5 Å². The van der Waals surface area contributed by atoms with Crippen LogP contribution in [0.4, 0.5) is 0 Å². The first-order chi connectivity index (χ1) is 9.53. The van der Waals surface area contributed by atoms with Gasteiger partial charge in [-0.05, 0) is 36.8 Å². The molecule has 0 amide bonds. The molecule has 0 fully saturated rings. The van der Waals surface area contributed by atoms with E-state index in [1.165, 1.54) is 12.1 Å². The van der Waals surface area contributed by atoms with E-state index >= 15 is 0 Å². The monoisotopic (exact) mass is 287 g/mol. The summed E-state index contributed by atoms with van der Waals surface area (Å²) in [5.41, 5.74) is 1.90. The molecule has 5 nitrogen and oxygen atoms in total. The average Bonchev–Trinajstić information content (AvgIpc) is 2.46. The summed E-state index contributed by atoms with van der Waals surface area (Å²) in [6, 6.07) is 11.5. The topological polar surface area (TPSA) is 82.8 Å². The van der Waals surface area contributed by atoms with Crippen molar-refractivity contribution in [2.75, 3.05) is 0 Å². The van der Waals surface area contributed by atoms with Crippen LogP contribution in [0.1, 0.15) is 16.8 Å². The van der Waals surface area contributed by atoms with Gasteiger partial charge in [-0.2, -0.15) is 5.26 Å². The number of pyridine rings is 1. The molecule has 0 atom stereocenters. The third-order valence-corrected chi connectivity index (χ3v) is 4.22. The van der Waals surface area contributed by atoms with Crippen molar-refractivity contribution in [2.45, 2.75) is 18.4 Å². The Morgan fingerprint density at radius 3 is 2.80 bits per heavy atom. The van der Waals surface area contributed by atoms with E-state index in [1.807, 2.05) is 19.1 Å². The van der Waals surface area contributed by atoms with E-state index in [2.05, 4.69) is 9.71 Å². The minimum absolute atomic E-state index is 0.0742. The van der Waals surface area contributed by atoms with Crippen LogP contribution in [0.3, 0.4) is 0 Å². The normalized spacial score (nSPS) is 11.0. The van der Waals surface area contributed by atoms with Gasteiger partial charge in [0, 0.05) is 6.20 Å². The van der Waals surface area contributed by atoms with E-state index in [4.69, 9.17) is 5.26 Å². The van der Waals surface area contributed by atoms with Crippen molar-refractivity contribution in [1.82, 2.24) is 9.71 Å². The molecule has 0 aliphatic carbocycles. The molecule has 2 rings (SSSR count).